The lowest BCUT2D eigenvalue weighted by atomic mass is 10.1. The molecule has 1 fully saturated rings. The topological polar surface area (TPSA) is 86.0 Å². The Morgan fingerprint density at radius 1 is 1.32 bits per heavy atom. The van der Waals surface area contributed by atoms with Crippen LogP contribution in [0.4, 0.5) is 4.79 Å². The number of para-hydroxylation sites is 1. The maximum Gasteiger partial charge on any atom is 0.317 e. The van der Waals surface area contributed by atoms with Crippen LogP contribution in [0.25, 0.3) is 11.0 Å². The molecule has 1 aromatic carbocycles. The van der Waals surface area contributed by atoms with Crippen LogP contribution in [0, 0.1) is 6.92 Å². The fourth-order valence-corrected chi connectivity index (χ4v) is 4.01. The van der Waals surface area contributed by atoms with Gasteiger partial charge in [0.25, 0.3) is 0 Å². The molecule has 1 saturated heterocycles. The predicted octanol–water partition coefficient (Wildman–Crippen LogP) is 3.38. The van der Waals surface area contributed by atoms with Crippen molar-refractivity contribution in [3.8, 4) is 0 Å². The summed E-state index contributed by atoms with van der Waals surface area (Å²) >= 11 is 0. The molecule has 1 aromatic heterocycles. The Labute approximate surface area is 165 Å². The fourth-order valence-electron chi connectivity index (χ4n) is 4.01. The van der Waals surface area contributed by atoms with Crippen molar-refractivity contribution in [2.45, 2.75) is 45.2 Å². The van der Waals surface area contributed by atoms with Gasteiger partial charge in [-0.1, -0.05) is 18.2 Å². The zero-order chi connectivity index (χ0) is 20.3. The molecule has 2 aromatic rings. The Balaban J connectivity index is 1.61. The van der Waals surface area contributed by atoms with Gasteiger partial charge in [-0.15, -0.1) is 0 Å². The Hall–Kier alpha value is -2.54. The number of furan rings is 1. The first-order valence-corrected chi connectivity index (χ1v) is 9.82. The third kappa shape index (κ3) is 4.47. The van der Waals surface area contributed by atoms with Crippen molar-refractivity contribution in [3.63, 3.8) is 0 Å². The smallest absolute Gasteiger partial charge is 0.317 e. The summed E-state index contributed by atoms with van der Waals surface area (Å²) in [5.41, 5.74) is 1.88. The number of carbonyl (C=O) groups is 2. The number of aryl methyl sites for hydroxylation is 1. The van der Waals surface area contributed by atoms with Crippen LogP contribution in [0.1, 0.15) is 43.6 Å². The molecule has 2 atom stereocenters. The molecular weight excluding hydrogens is 358 g/mol. The number of aliphatic carboxylic acids is 1. The molecule has 152 valence electrons. The van der Waals surface area contributed by atoms with Gasteiger partial charge in [0.15, 0.2) is 0 Å². The van der Waals surface area contributed by atoms with Crippen molar-refractivity contribution >= 4 is 23.0 Å². The van der Waals surface area contributed by atoms with Crippen LogP contribution in [0.3, 0.4) is 0 Å². The summed E-state index contributed by atoms with van der Waals surface area (Å²) in [4.78, 5) is 27.4. The number of likely N-dealkylation sites (N-methyl/N-ethyl adjacent to an activating group) is 1. The first-order chi connectivity index (χ1) is 13.4. The van der Waals surface area contributed by atoms with Crippen LogP contribution in [0.5, 0.6) is 0 Å². The van der Waals surface area contributed by atoms with Crippen molar-refractivity contribution in [3.05, 3.63) is 35.6 Å². The van der Waals surface area contributed by atoms with E-state index in [0.717, 1.165) is 41.6 Å². The molecule has 2 N–H and O–H groups in total. The highest BCUT2D eigenvalue weighted by Crippen LogP contribution is 2.29. The lowest BCUT2D eigenvalue weighted by Gasteiger charge is -2.26. The van der Waals surface area contributed by atoms with Gasteiger partial charge in [-0.25, -0.2) is 4.79 Å². The first-order valence-electron chi connectivity index (χ1n) is 9.82. The van der Waals surface area contributed by atoms with E-state index in [2.05, 4.69) is 5.32 Å². The number of carbonyl (C=O) groups excluding carboxylic acids is 1. The Kier molecular flexibility index (Phi) is 6.24. The molecule has 1 unspecified atom stereocenters. The monoisotopic (exact) mass is 387 g/mol. The molecular formula is C21H29N3O4. The number of fused-ring (bicyclic) bond motifs is 1. The summed E-state index contributed by atoms with van der Waals surface area (Å²) in [7, 11) is 1.83. The number of carboxylic acid groups (broad SMARTS) is 1. The van der Waals surface area contributed by atoms with Crippen LogP contribution in [0.2, 0.25) is 0 Å². The van der Waals surface area contributed by atoms with Gasteiger partial charge in [-0.3, -0.25) is 9.69 Å². The zero-order valence-corrected chi connectivity index (χ0v) is 16.8. The molecule has 0 aliphatic carbocycles. The van der Waals surface area contributed by atoms with E-state index in [1.807, 2.05) is 55.0 Å². The predicted molar refractivity (Wildman–Crippen MR) is 107 cm³/mol. The second-order valence-corrected chi connectivity index (χ2v) is 7.64. The molecule has 7 heteroatoms. The minimum Gasteiger partial charge on any atom is -0.480 e. The molecule has 0 bridgehead atoms. The number of urea groups is 1. The fraction of sp³-hybridized carbons (Fsp3) is 0.524. The van der Waals surface area contributed by atoms with Crippen LogP contribution >= 0.6 is 0 Å². The van der Waals surface area contributed by atoms with E-state index in [9.17, 15) is 9.59 Å². The summed E-state index contributed by atoms with van der Waals surface area (Å²) in [5, 5.41) is 13.1. The number of carboxylic acids is 1. The SMILES string of the molecule is Cc1c([C@@H](C)NC(=O)N2CCCC(N(C)CC(=O)O)CC2)oc2ccccc12. The normalized spacial score (nSPS) is 18.9. The van der Waals surface area contributed by atoms with Gasteiger partial charge >= 0.3 is 12.0 Å². The third-order valence-corrected chi connectivity index (χ3v) is 5.61. The molecule has 2 heterocycles. The summed E-state index contributed by atoms with van der Waals surface area (Å²) in [6.45, 7) is 5.27. The van der Waals surface area contributed by atoms with Gasteiger partial charge in [0.1, 0.15) is 11.3 Å². The average molecular weight is 387 g/mol. The highest BCUT2D eigenvalue weighted by molar-refractivity contribution is 5.82. The van der Waals surface area contributed by atoms with Gasteiger partial charge in [0.05, 0.1) is 12.6 Å². The highest BCUT2D eigenvalue weighted by atomic mass is 16.4. The second kappa shape index (κ2) is 8.65. The minimum atomic E-state index is -0.823. The minimum absolute atomic E-state index is 0.0270. The summed E-state index contributed by atoms with van der Waals surface area (Å²) < 4.78 is 5.96. The van der Waals surface area contributed by atoms with Crippen molar-refractivity contribution in [1.82, 2.24) is 15.1 Å². The number of nitrogens with one attached hydrogen (secondary N) is 1. The maximum atomic E-state index is 12.8. The summed E-state index contributed by atoms with van der Waals surface area (Å²) in [6, 6.07) is 7.73. The Bertz CT molecular complexity index is 847. The third-order valence-electron chi connectivity index (χ3n) is 5.61. The van der Waals surface area contributed by atoms with Gasteiger partial charge in [-0.05, 0) is 46.2 Å². The molecule has 2 amide bonds. The van der Waals surface area contributed by atoms with Crippen molar-refractivity contribution in [2.24, 2.45) is 0 Å². The molecule has 28 heavy (non-hydrogen) atoms. The van der Waals surface area contributed by atoms with Crippen LogP contribution in [-0.4, -0.2) is 59.6 Å². The largest absolute Gasteiger partial charge is 0.480 e. The quantitative estimate of drug-likeness (QED) is 0.821. The van der Waals surface area contributed by atoms with Crippen molar-refractivity contribution in [1.29, 1.82) is 0 Å². The Morgan fingerprint density at radius 2 is 2.07 bits per heavy atom. The van der Waals surface area contributed by atoms with Gasteiger partial charge < -0.3 is 19.7 Å². The van der Waals surface area contributed by atoms with Crippen molar-refractivity contribution < 1.29 is 19.1 Å². The van der Waals surface area contributed by atoms with Gasteiger partial charge in [0, 0.05) is 30.1 Å². The van der Waals surface area contributed by atoms with E-state index in [-0.39, 0.29) is 24.7 Å². The average Bonchev–Trinajstić information content (AvgIpc) is 2.82. The molecule has 0 saturated carbocycles. The standard InChI is InChI=1S/C21H29N3O4/c1-14-17-8-4-5-9-18(17)28-20(14)15(2)22-21(27)24-11-6-7-16(10-12-24)23(3)13-19(25)26/h4-5,8-9,15-16H,6-7,10-13H2,1-3H3,(H,22,27)(H,25,26)/t15-,16?/m1/s1. The lowest BCUT2D eigenvalue weighted by molar-refractivity contribution is -0.138. The zero-order valence-electron chi connectivity index (χ0n) is 16.8. The van der Waals surface area contributed by atoms with Crippen LogP contribution < -0.4 is 5.32 Å². The van der Waals surface area contributed by atoms with E-state index < -0.39 is 5.97 Å². The van der Waals surface area contributed by atoms with E-state index in [0.29, 0.717) is 13.1 Å². The number of nitrogens with zero attached hydrogens (tertiary/aromatic N) is 2. The highest BCUT2D eigenvalue weighted by Gasteiger charge is 2.26. The van der Waals surface area contributed by atoms with E-state index in [1.54, 1.807) is 0 Å². The number of likely N-dealkylation sites (tertiary alicyclic amines) is 1. The molecule has 0 spiro atoms. The molecule has 0 radical (unpaired) electrons. The lowest BCUT2D eigenvalue weighted by Crippen LogP contribution is -2.42. The first kappa shape index (κ1) is 20.2. The van der Waals surface area contributed by atoms with Crippen LogP contribution in [-0.2, 0) is 4.79 Å². The molecule has 7 nitrogen and oxygen atoms in total. The number of hydrogen-bond acceptors (Lipinski definition) is 4. The number of rotatable bonds is 5. The molecule has 1 aliphatic heterocycles. The van der Waals surface area contributed by atoms with E-state index in [4.69, 9.17) is 9.52 Å². The molecule has 1 aliphatic rings. The van der Waals surface area contributed by atoms with Crippen molar-refractivity contribution in [2.75, 3.05) is 26.7 Å². The molecule has 3 rings (SSSR count). The number of hydrogen-bond donors (Lipinski definition) is 2. The second-order valence-electron chi connectivity index (χ2n) is 7.64. The van der Waals surface area contributed by atoms with Gasteiger partial charge in [0.2, 0.25) is 0 Å². The van der Waals surface area contributed by atoms with Crippen LogP contribution in [0.15, 0.2) is 28.7 Å². The number of benzene rings is 1. The van der Waals surface area contributed by atoms with Gasteiger partial charge in [-0.2, -0.15) is 0 Å². The number of amides is 2. The van der Waals surface area contributed by atoms with E-state index >= 15 is 0 Å². The Morgan fingerprint density at radius 3 is 2.79 bits per heavy atom. The summed E-state index contributed by atoms with van der Waals surface area (Å²) in [5.74, 6) is -0.0418. The van der Waals surface area contributed by atoms with E-state index in [1.165, 1.54) is 0 Å². The summed E-state index contributed by atoms with van der Waals surface area (Å²) in [6.07, 6.45) is 2.53. The maximum absolute atomic E-state index is 12.8.